The fourth-order valence-electron chi connectivity index (χ4n) is 3.47. The first-order valence-corrected chi connectivity index (χ1v) is 13.8. The summed E-state index contributed by atoms with van der Waals surface area (Å²) >= 11 is 6.04. The van der Waals surface area contributed by atoms with Crippen molar-refractivity contribution < 1.29 is 27.2 Å². The van der Waals surface area contributed by atoms with Crippen LogP contribution in [0.5, 0.6) is 5.75 Å². The molecule has 4 rings (SSSR count). The van der Waals surface area contributed by atoms with E-state index in [2.05, 4.69) is 15.8 Å². The molecule has 0 spiro atoms. The molecule has 3 aromatic carbocycles. The van der Waals surface area contributed by atoms with E-state index in [-0.39, 0.29) is 24.0 Å². The van der Waals surface area contributed by atoms with Gasteiger partial charge in [-0.15, -0.1) is 0 Å². The van der Waals surface area contributed by atoms with Gasteiger partial charge in [0, 0.05) is 0 Å². The number of hydrogen-bond donors (Lipinski definition) is 2. The Bertz CT molecular complexity index is 1560. The van der Waals surface area contributed by atoms with Crippen LogP contribution in [0.25, 0.3) is 0 Å². The molecular formula is C28H25ClN4O6S. The van der Waals surface area contributed by atoms with Crippen LogP contribution >= 0.6 is 11.6 Å². The number of benzene rings is 3. The van der Waals surface area contributed by atoms with Gasteiger partial charge in [0.05, 0.1) is 41.2 Å². The van der Waals surface area contributed by atoms with E-state index in [1.807, 2.05) is 0 Å². The number of nitrogens with one attached hydrogen (secondary N) is 2. The smallest absolute Gasteiger partial charge is 0.262 e. The van der Waals surface area contributed by atoms with Crippen LogP contribution in [0.4, 0.5) is 5.69 Å². The molecule has 0 saturated heterocycles. The van der Waals surface area contributed by atoms with Crippen LogP contribution < -0.4 is 15.5 Å². The van der Waals surface area contributed by atoms with Crippen LogP contribution in [0, 0.1) is 0 Å². The molecule has 0 aliphatic carbocycles. The highest BCUT2D eigenvalue weighted by molar-refractivity contribution is 7.89. The van der Waals surface area contributed by atoms with Gasteiger partial charge in [-0.1, -0.05) is 41.9 Å². The summed E-state index contributed by atoms with van der Waals surface area (Å²) in [5.74, 6) is -0.154. The van der Waals surface area contributed by atoms with Gasteiger partial charge in [0.15, 0.2) is 6.61 Å². The predicted molar refractivity (Wildman–Crippen MR) is 151 cm³/mol. The second-order valence-corrected chi connectivity index (χ2v) is 10.7. The molecule has 0 fully saturated rings. The standard InChI is InChI=1S/C28H25ClN4O6S/c29-25-10-4-5-11-26(25)31-28(35)20-39-22-14-12-21(13-15-22)17-30-32-27(34)19-33(18-23-7-6-16-38-23)40(36,37)24-8-2-1-3-9-24/h1-17H,18-20H2,(H,31,35)(H,32,34)/b30-17-. The maximum Gasteiger partial charge on any atom is 0.262 e. The Labute approximate surface area is 236 Å². The van der Waals surface area contributed by atoms with Crippen molar-refractivity contribution in [3.8, 4) is 5.75 Å². The average Bonchev–Trinajstić information content (AvgIpc) is 3.47. The number of nitrogens with zero attached hydrogens (tertiary/aromatic N) is 2. The quantitative estimate of drug-likeness (QED) is 0.190. The van der Waals surface area contributed by atoms with Crippen molar-refractivity contribution in [1.29, 1.82) is 0 Å². The molecule has 2 N–H and O–H groups in total. The minimum Gasteiger partial charge on any atom is -0.484 e. The summed E-state index contributed by atoms with van der Waals surface area (Å²) in [6.45, 7) is -0.813. The van der Waals surface area contributed by atoms with Crippen molar-refractivity contribution in [3.05, 3.63) is 114 Å². The summed E-state index contributed by atoms with van der Waals surface area (Å²) in [4.78, 5) is 24.7. The van der Waals surface area contributed by atoms with Crippen LogP contribution in [0.2, 0.25) is 5.02 Å². The Hall–Kier alpha value is -4.45. The summed E-state index contributed by atoms with van der Waals surface area (Å²) in [5.41, 5.74) is 3.48. The van der Waals surface area contributed by atoms with Crippen LogP contribution in [0.1, 0.15) is 11.3 Å². The molecule has 0 unspecified atom stereocenters. The van der Waals surface area contributed by atoms with Gasteiger partial charge in [-0.2, -0.15) is 9.41 Å². The number of ether oxygens (including phenoxy) is 1. The van der Waals surface area contributed by atoms with Gasteiger partial charge >= 0.3 is 0 Å². The number of rotatable bonds is 12. The number of carbonyl (C=O) groups is 2. The highest BCUT2D eigenvalue weighted by Crippen LogP contribution is 2.21. The van der Waals surface area contributed by atoms with Crippen molar-refractivity contribution in [2.75, 3.05) is 18.5 Å². The lowest BCUT2D eigenvalue weighted by atomic mass is 10.2. The van der Waals surface area contributed by atoms with Gasteiger partial charge in [0.1, 0.15) is 11.5 Å². The Morgan fingerprint density at radius 1 is 0.925 bits per heavy atom. The third-order valence-electron chi connectivity index (χ3n) is 5.41. The first-order valence-electron chi connectivity index (χ1n) is 12.0. The van der Waals surface area contributed by atoms with Gasteiger partial charge in [-0.05, 0) is 66.2 Å². The van der Waals surface area contributed by atoms with Crippen molar-refractivity contribution >= 4 is 45.3 Å². The number of para-hydroxylation sites is 1. The normalized spacial score (nSPS) is 11.4. The largest absolute Gasteiger partial charge is 0.484 e. The van der Waals surface area contributed by atoms with Crippen LogP contribution in [-0.4, -0.2) is 43.9 Å². The average molecular weight is 581 g/mol. The third-order valence-corrected chi connectivity index (χ3v) is 7.55. The maximum atomic E-state index is 13.1. The van der Waals surface area contributed by atoms with E-state index in [0.717, 1.165) is 4.31 Å². The van der Waals surface area contributed by atoms with Gasteiger partial charge < -0.3 is 14.5 Å². The first kappa shape index (κ1) is 28.6. The first-order chi connectivity index (χ1) is 19.3. The Balaban J connectivity index is 1.30. The Morgan fingerprint density at radius 3 is 2.35 bits per heavy atom. The van der Waals surface area contributed by atoms with Crippen molar-refractivity contribution in [3.63, 3.8) is 0 Å². The number of anilines is 1. The van der Waals surface area contributed by atoms with Gasteiger partial charge in [-0.3, -0.25) is 9.59 Å². The van der Waals surface area contributed by atoms with E-state index in [9.17, 15) is 18.0 Å². The minimum absolute atomic E-state index is 0.0570. The lowest BCUT2D eigenvalue weighted by molar-refractivity contribution is -0.121. The molecule has 40 heavy (non-hydrogen) atoms. The Morgan fingerprint density at radius 2 is 1.65 bits per heavy atom. The van der Waals surface area contributed by atoms with Gasteiger partial charge in [0.2, 0.25) is 10.0 Å². The molecule has 4 aromatic rings. The van der Waals surface area contributed by atoms with Crippen molar-refractivity contribution in [2.24, 2.45) is 5.10 Å². The monoisotopic (exact) mass is 580 g/mol. The lowest BCUT2D eigenvalue weighted by Crippen LogP contribution is -2.38. The Kier molecular flexibility index (Phi) is 9.68. The van der Waals surface area contributed by atoms with Crippen LogP contribution in [0.15, 0.2) is 112 Å². The molecule has 0 bridgehead atoms. The predicted octanol–water partition coefficient (Wildman–Crippen LogP) is 4.29. The molecule has 206 valence electrons. The van der Waals surface area contributed by atoms with Crippen LogP contribution in [-0.2, 0) is 26.2 Å². The molecule has 10 nitrogen and oxygen atoms in total. The summed E-state index contributed by atoms with van der Waals surface area (Å²) in [6, 6.07) is 24.6. The molecule has 2 amide bonds. The van der Waals surface area contributed by atoms with E-state index in [4.69, 9.17) is 20.8 Å². The number of sulfonamides is 1. The SMILES string of the molecule is O=C(CN(Cc1ccco1)S(=O)(=O)c1ccccc1)N/N=C\c1ccc(OCC(=O)Nc2ccccc2Cl)cc1. The second-order valence-electron chi connectivity index (χ2n) is 8.34. The molecule has 1 aromatic heterocycles. The summed E-state index contributed by atoms with van der Waals surface area (Å²) in [7, 11) is -3.97. The number of halogens is 1. The fourth-order valence-corrected chi connectivity index (χ4v) is 5.03. The summed E-state index contributed by atoms with van der Waals surface area (Å²) in [5, 5.41) is 7.01. The molecule has 1 heterocycles. The van der Waals surface area contributed by atoms with E-state index in [1.54, 1.807) is 78.9 Å². The molecular weight excluding hydrogens is 556 g/mol. The van der Waals surface area contributed by atoms with Gasteiger partial charge in [-0.25, -0.2) is 13.8 Å². The maximum absolute atomic E-state index is 13.1. The molecule has 0 aliphatic rings. The van der Waals surface area contributed by atoms with Crippen molar-refractivity contribution in [1.82, 2.24) is 9.73 Å². The number of carbonyl (C=O) groups excluding carboxylic acids is 2. The summed E-state index contributed by atoms with van der Waals surface area (Å²) in [6.07, 6.45) is 2.83. The second kappa shape index (κ2) is 13.6. The third kappa shape index (κ3) is 8.03. The highest BCUT2D eigenvalue weighted by Gasteiger charge is 2.27. The minimum atomic E-state index is -3.97. The molecule has 0 saturated carbocycles. The van der Waals surface area contributed by atoms with E-state index in [1.165, 1.54) is 24.6 Å². The van der Waals surface area contributed by atoms with E-state index < -0.39 is 22.5 Å². The van der Waals surface area contributed by atoms with Crippen molar-refractivity contribution in [2.45, 2.75) is 11.4 Å². The lowest BCUT2D eigenvalue weighted by Gasteiger charge is -2.20. The number of furan rings is 1. The van der Waals surface area contributed by atoms with Gasteiger partial charge in [0.25, 0.3) is 11.8 Å². The molecule has 12 heteroatoms. The summed E-state index contributed by atoms with van der Waals surface area (Å²) < 4.78 is 38.1. The van der Waals surface area contributed by atoms with E-state index >= 15 is 0 Å². The zero-order valence-electron chi connectivity index (χ0n) is 21.1. The number of amides is 2. The number of hydrogen-bond acceptors (Lipinski definition) is 7. The molecule has 0 atom stereocenters. The zero-order valence-corrected chi connectivity index (χ0v) is 22.6. The molecule has 0 radical (unpaired) electrons. The molecule has 0 aliphatic heterocycles. The highest BCUT2D eigenvalue weighted by atomic mass is 35.5. The number of hydrazone groups is 1. The fraction of sp³-hybridized carbons (Fsp3) is 0.107. The zero-order chi connectivity index (χ0) is 28.4. The van der Waals surface area contributed by atoms with Crippen LogP contribution in [0.3, 0.4) is 0 Å². The topological polar surface area (TPSA) is 130 Å². The van der Waals surface area contributed by atoms with E-state index in [0.29, 0.717) is 27.8 Å².